The van der Waals surface area contributed by atoms with Gasteiger partial charge in [-0.25, -0.2) is 0 Å². The van der Waals surface area contributed by atoms with Gasteiger partial charge in [-0.05, 0) is 98.3 Å². The summed E-state index contributed by atoms with van der Waals surface area (Å²) in [6, 6.07) is 13.7. The minimum Gasteiger partial charge on any atom is -0.379 e. The molecule has 8 nitrogen and oxygen atoms in total. The van der Waals surface area contributed by atoms with E-state index in [1.807, 2.05) is 0 Å². The topological polar surface area (TPSA) is 85.9 Å². The number of nitrogens with zero attached hydrogens (tertiary/aromatic N) is 2. The van der Waals surface area contributed by atoms with E-state index < -0.39 is 0 Å². The van der Waals surface area contributed by atoms with Crippen LogP contribution >= 0.6 is 0 Å². The molecular formula is C42H63N5O3. The highest BCUT2D eigenvalue weighted by Gasteiger charge is 2.50. The van der Waals surface area contributed by atoms with Gasteiger partial charge >= 0.3 is 0 Å². The summed E-state index contributed by atoms with van der Waals surface area (Å²) in [6.45, 7) is 13.4. The second-order valence-electron chi connectivity index (χ2n) is 15.9. The predicted molar refractivity (Wildman–Crippen MR) is 204 cm³/mol. The molecule has 3 saturated heterocycles. The Morgan fingerprint density at radius 2 is 1.58 bits per heavy atom. The normalized spacial score (nSPS) is 25.5. The zero-order valence-corrected chi connectivity index (χ0v) is 31.3. The van der Waals surface area contributed by atoms with E-state index in [9.17, 15) is 9.59 Å². The molecule has 1 saturated carbocycles. The van der Waals surface area contributed by atoms with E-state index in [0.717, 1.165) is 94.0 Å². The highest BCUT2D eigenvalue weighted by molar-refractivity contribution is 5.99. The van der Waals surface area contributed by atoms with Gasteiger partial charge in [-0.3, -0.25) is 14.5 Å². The van der Waals surface area contributed by atoms with Crippen LogP contribution in [0.1, 0.15) is 106 Å². The number of anilines is 1. The van der Waals surface area contributed by atoms with Crippen molar-refractivity contribution in [2.45, 2.75) is 110 Å². The number of rotatable bonds is 8. The summed E-state index contributed by atoms with van der Waals surface area (Å²) in [6.07, 6.45) is 13.4. The van der Waals surface area contributed by atoms with Crippen molar-refractivity contribution in [1.82, 2.24) is 20.9 Å². The molecule has 1 spiro atoms. The van der Waals surface area contributed by atoms with Crippen molar-refractivity contribution in [1.29, 1.82) is 0 Å². The molecule has 1 aliphatic carbocycles. The summed E-state index contributed by atoms with van der Waals surface area (Å²) in [5.41, 5.74) is 6.32. The fourth-order valence-corrected chi connectivity index (χ4v) is 9.54. The molecule has 50 heavy (non-hydrogen) atoms. The number of nitrogens with one attached hydrogen (secondary N) is 3. The summed E-state index contributed by atoms with van der Waals surface area (Å²) in [7, 11) is 2.18. The molecule has 0 bridgehead atoms. The number of benzene rings is 2. The van der Waals surface area contributed by atoms with Crippen LogP contribution in [0.3, 0.4) is 0 Å². The molecule has 3 unspecified atom stereocenters. The molecule has 4 fully saturated rings. The van der Waals surface area contributed by atoms with Crippen LogP contribution in [0.2, 0.25) is 0 Å². The lowest BCUT2D eigenvalue weighted by atomic mass is 9.58. The van der Waals surface area contributed by atoms with E-state index in [1.54, 1.807) is 0 Å². The van der Waals surface area contributed by atoms with E-state index in [1.165, 1.54) is 50.5 Å². The average molecular weight is 686 g/mol. The molecule has 6 rings (SSSR count). The van der Waals surface area contributed by atoms with Gasteiger partial charge in [0.15, 0.2) is 0 Å². The fourth-order valence-electron chi connectivity index (χ4n) is 9.54. The molecule has 3 atom stereocenters. The van der Waals surface area contributed by atoms with Crippen molar-refractivity contribution in [2.24, 2.45) is 17.3 Å². The lowest BCUT2D eigenvalue weighted by Gasteiger charge is -2.51. The summed E-state index contributed by atoms with van der Waals surface area (Å²) < 4.78 is 5.54. The number of carbonyl (C=O) groups is 2. The zero-order chi connectivity index (χ0) is 35.1. The highest BCUT2D eigenvalue weighted by Crippen LogP contribution is 2.48. The maximum absolute atomic E-state index is 14.3. The third kappa shape index (κ3) is 8.40. The Morgan fingerprint density at radius 1 is 0.940 bits per heavy atom. The van der Waals surface area contributed by atoms with E-state index >= 15 is 0 Å². The summed E-state index contributed by atoms with van der Waals surface area (Å²) in [5, 5.41) is 10.2. The van der Waals surface area contributed by atoms with Crippen molar-refractivity contribution >= 4 is 17.5 Å². The maximum atomic E-state index is 14.3. The molecule has 4 aliphatic rings. The number of hydrogen-bond acceptors (Lipinski definition) is 6. The van der Waals surface area contributed by atoms with Crippen molar-refractivity contribution in [3.8, 4) is 11.1 Å². The average Bonchev–Trinajstić information content (AvgIpc) is 3.14. The van der Waals surface area contributed by atoms with Crippen LogP contribution in [0.5, 0.6) is 0 Å². The fraction of sp³-hybridized carbons (Fsp3) is 0.667. The molecule has 0 radical (unpaired) electrons. The predicted octanol–water partition coefficient (Wildman–Crippen LogP) is 6.69. The van der Waals surface area contributed by atoms with Gasteiger partial charge < -0.3 is 25.6 Å². The molecule has 3 N–H and O–H groups in total. The van der Waals surface area contributed by atoms with Gasteiger partial charge in [-0.1, -0.05) is 76.1 Å². The standard InChI is InChI=1S/C42H63N5O3/c1-30-37(40(48)44-28-38-31(2)42(32(3)45-41(38)49)18-10-8-6-5-7-9-11-19-42)26-35(27-39(30)46(4)36-16-20-43-21-17-36)34-14-12-33(13-15-34)29-47-22-24-50-25-23-47/h12-15,26-27,31-32,36,38,43H,5-11,16-25,28-29H2,1-4H3,(H,44,48)(H,45,49). The van der Waals surface area contributed by atoms with E-state index in [2.05, 4.69) is 90.0 Å². The Morgan fingerprint density at radius 3 is 2.24 bits per heavy atom. The molecular weight excluding hydrogens is 622 g/mol. The molecule has 3 aliphatic heterocycles. The minimum atomic E-state index is -0.238. The minimum absolute atomic E-state index is 0.0785. The third-order valence-electron chi connectivity index (χ3n) is 13.0. The van der Waals surface area contributed by atoms with Crippen molar-refractivity contribution in [3.05, 3.63) is 53.1 Å². The molecule has 274 valence electrons. The second-order valence-corrected chi connectivity index (χ2v) is 15.9. The van der Waals surface area contributed by atoms with Crippen LogP contribution in [0, 0.1) is 24.2 Å². The molecule has 2 aromatic rings. The number of ether oxygens (including phenoxy) is 1. The Balaban J connectivity index is 1.24. The quantitative estimate of drug-likeness (QED) is 0.287. The van der Waals surface area contributed by atoms with E-state index in [4.69, 9.17) is 4.74 Å². The van der Waals surface area contributed by atoms with Crippen molar-refractivity contribution in [3.63, 3.8) is 0 Å². The van der Waals surface area contributed by atoms with Crippen LogP contribution in [0.25, 0.3) is 11.1 Å². The molecule has 3 heterocycles. The molecule has 2 amide bonds. The first-order chi connectivity index (χ1) is 24.3. The monoisotopic (exact) mass is 685 g/mol. The van der Waals surface area contributed by atoms with Crippen LogP contribution in [0.4, 0.5) is 5.69 Å². The number of amides is 2. The van der Waals surface area contributed by atoms with Gasteiger partial charge in [0.2, 0.25) is 5.91 Å². The van der Waals surface area contributed by atoms with Crippen LogP contribution in [-0.4, -0.2) is 81.8 Å². The van der Waals surface area contributed by atoms with Gasteiger partial charge in [-0.15, -0.1) is 0 Å². The SMILES string of the molecule is Cc1c(C(=O)NCC2C(=O)NC(C)C3(CCCCCCCCC3)C2C)cc(-c2ccc(CN3CCOCC3)cc2)cc1N(C)C1CCNCC1. The Kier molecular flexibility index (Phi) is 12.6. The molecule has 8 heteroatoms. The van der Waals surface area contributed by atoms with Crippen LogP contribution in [0.15, 0.2) is 36.4 Å². The largest absolute Gasteiger partial charge is 0.379 e. The third-order valence-corrected chi connectivity index (χ3v) is 13.0. The van der Waals surface area contributed by atoms with Gasteiger partial charge in [-0.2, -0.15) is 0 Å². The Labute approximate surface area is 301 Å². The van der Waals surface area contributed by atoms with Gasteiger partial charge in [0.1, 0.15) is 0 Å². The zero-order valence-electron chi connectivity index (χ0n) is 31.3. The lowest BCUT2D eigenvalue weighted by Crippen LogP contribution is -2.61. The number of morpholine rings is 1. The Bertz CT molecular complexity index is 1420. The smallest absolute Gasteiger partial charge is 0.251 e. The summed E-state index contributed by atoms with van der Waals surface area (Å²) in [5.74, 6) is -0.0395. The summed E-state index contributed by atoms with van der Waals surface area (Å²) >= 11 is 0. The first-order valence-corrected chi connectivity index (χ1v) is 19.8. The van der Waals surface area contributed by atoms with Gasteiger partial charge in [0.25, 0.3) is 5.91 Å². The number of piperidine rings is 2. The van der Waals surface area contributed by atoms with Gasteiger partial charge in [0, 0.05) is 56.6 Å². The number of hydrogen-bond donors (Lipinski definition) is 3. The second kappa shape index (κ2) is 17.1. The van der Waals surface area contributed by atoms with Gasteiger partial charge in [0.05, 0.1) is 19.1 Å². The van der Waals surface area contributed by atoms with Crippen molar-refractivity contribution < 1.29 is 14.3 Å². The summed E-state index contributed by atoms with van der Waals surface area (Å²) in [4.78, 5) is 32.7. The molecule has 0 aromatic heterocycles. The van der Waals surface area contributed by atoms with Crippen molar-refractivity contribution in [2.75, 3.05) is 57.9 Å². The first-order valence-electron chi connectivity index (χ1n) is 19.8. The number of carbonyl (C=O) groups excluding carboxylic acids is 2. The maximum Gasteiger partial charge on any atom is 0.251 e. The molecule has 2 aromatic carbocycles. The highest BCUT2D eigenvalue weighted by atomic mass is 16.5. The van der Waals surface area contributed by atoms with E-state index in [0.29, 0.717) is 18.2 Å². The van der Waals surface area contributed by atoms with Crippen LogP contribution in [-0.2, 0) is 16.1 Å². The lowest BCUT2D eigenvalue weighted by molar-refractivity contribution is -0.137. The van der Waals surface area contributed by atoms with Crippen LogP contribution < -0.4 is 20.9 Å². The first kappa shape index (κ1) is 36.8. The Hall–Kier alpha value is -2.94. The van der Waals surface area contributed by atoms with E-state index in [-0.39, 0.29) is 35.1 Å².